The lowest BCUT2D eigenvalue weighted by atomic mass is 10.2. The number of aromatic nitrogens is 1. The van der Waals surface area contributed by atoms with Gasteiger partial charge in [-0.2, -0.15) is 0 Å². The molecule has 3 aromatic rings. The van der Waals surface area contributed by atoms with Crippen molar-refractivity contribution in [3.8, 4) is 5.69 Å². The van der Waals surface area contributed by atoms with E-state index < -0.39 is 10.0 Å². The first-order valence-corrected chi connectivity index (χ1v) is 9.76. The molecule has 1 aromatic heterocycles. The molecule has 0 radical (unpaired) electrons. The maximum absolute atomic E-state index is 12.2. The van der Waals surface area contributed by atoms with Crippen molar-refractivity contribution in [3.63, 3.8) is 0 Å². The number of sulfonamides is 1. The van der Waals surface area contributed by atoms with E-state index in [9.17, 15) is 13.2 Å². The molecule has 2 N–H and O–H groups in total. The highest BCUT2D eigenvalue weighted by atomic mass is 32.2. The number of carbonyl (C=O) groups excluding carboxylic acids is 1. The van der Waals surface area contributed by atoms with Crippen molar-refractivity contribution in [2.45, 2.75) is 0 Å². The third kappa shape index (κ3) is 4.73. The molecule has 1 amide bonds. The fourth-order valence-corrected chi connectivity index (χ4v) is 3.40. The molecule has 0 spiro atoms. The van der Waals surface area contributed by atoms with E-state index in [0.717, 1.165) is 5.69 Å². The molecule has 2 aromatic carbocycles. The Kier molecular flexibility index (Phi) is 5.38. The molecule has 0 aliphatic carbocycles. The van der Waals surface area contributed by atoms with Gasteiger partial charge >= 0.3 is 0 Å². The Labute approximate surface area is 152 Å². The molecule has 134 valence electrons. The number of hydrogen-bond donors (Lipinski definition) is 2. The molecule has 0 aliphatic rings. The minimum atomic E-state index is -3.52. The zero-order chi connectivity index (χ0) is 18.4. The van der Waals surface area contributed by atoms with Gasteiger partial charge in [0.1, 0.15) is 0 Å². The van der Waals surface area contributed by atoms with Crippen molar-refractivity contribution in [1.29, 1.82) is 0 Å². The van der Waals surface area contributed by atoms with Crippen molar-refractivity contribution in [2.75, 3.05) is 17.0 Å². The Balaban J connectivity index is 1.52. The molecule has 7 heteroatoms. The number of nitrogens with zero attached hydrogens (tertiary/aromatic N) is 1. The predicted octanol–water partition coefficient (Wildman–Crippen LogP) is 2.65. The summed E-state index contributed by atoms with van der Waals surface area (Å²) >= 11 is 0. The van der Waals surface area contributed by atoms with Gasteiger partial charge in [-0.15, -0.1) is 0 Å². The fraction of sp³-hybridized carbons (Fsp3) is 0.105. The van der Waals surface area contributed by atoms with Gasteiger partial charge in [0.15, 0.2) is 0 Å². The zero-order valence-electron chi connectivity index (χ0n) is 14.0. The van der Waals surface area contributed by atoms with Crippen molar-refractivity contribution in [2.24, 2.45) is 0 Å². The van der Waals surface area contributed by atoms with Crippen LogP contribution in [-0.4, -0.2) is 31.2 Å². The van der Waals surface area contributed by atoms with E-state index in [1.165, 1.54) is 0 Å². The third-order valence-corrected chi connectivity index (χ3v) is 5.02. The summed E-state index contributed by atoms with van der Waals surface area (Å²) in [5, 5.41) is 2.63. The van der Waals surface area contributed by atoms with E-state index >= 15 is 0 Å². The van der Waals surface area contributed by atoms with Gasteiger partial charge in [0, 0.05) is 35.9 Å². The van der Waals surface area contributed by atoms with Gasteiger partial charge in [-0.05, 0) is 48.5 Å². The van der Waals surface area contributed by atoms with Crippen LogP contribution < -0.4 is 10.0 Å². The second-order valence-electron chi connectivity index (χ2n) is 5.68. The summed E-state index contributed by atoms with van der Waals surface area (Å²) in [6.45, 7) is 0.0281. The van der Waals surface area contributed by atoms with Gasteiger partial charge in [0.2, 0.25) is 10.0 Å². The summed E-state index contributed by atoms with van der Waals surface area (Å²) in [7, 11) is -3.52. The lowest BCUT2D eigenvalue weighted by molar-refractivity contribution is 0.0956. The van der Waals surface area contributed by atoms with E-state index in [4.69, 9.17) is 0 Å². The fourth-order valence-electron chi connectivity index (χ4n) is 2.43. The Morgan fingerprint density at radius 2 is 1.54 bits per heavy atom. The number of benzene rings is 2. The molecule has 3 rings (SSSR count). The summed E-state index contributed by atoms with van der Waals surface area (Å²) in [6.07, 6.45) is 3.83. The highest BCUT2D eigenvalue weighted by molar-refractivity contribution is 7.92. The molecule has 26 heavy (non-hydrogen) atoms. The van der Waals surface area contributed by atoms with Crippen LogP contribution in [0.2, 0.25) is 0 Å². The van der Waals surface area contributed by atoms with E-state index in [0.29, 0.717) is 11.3 Å². The maximum Gasteiger partial charge on any atom is 0.251 e. The Bertz CT molecular complexity index is 951. The Morgan fingerprint density at radius 3 is 2.19 bits per heavy atom. The van der Waals surface area contributed by atoms with Gasteiger partial charge in [-0.3, -0.25) is 9.52 Å². The number of hydrogen-bond acceptors (Lipinski definition) is 3. The number of para-hydroxylation sites is 1. The molecule has 6 nitrogen and oxygen atoms in total. The van der Waals surface area contributed by atoms with Crippen LogP contribution in [0.25, 0.3) is 5.69 Å². The van der Waals surface area contributed by atoms with Crippen LogP contribution in [0.4, 0.5) is 5.69 Å². The molecule has 0 unspecified atom stereocenters. The summed E-state index contributed by atoms with van der Waals surface area (Å²) in [5.41, 5.74) is 1.93. The lowest BCUT2D eigenvalue weighted by Crippen LogP contribution is -2.31. The molecular weight excluding hydrogens is 350 g/mol. The third-order valence-electron chi connectivity index (χ3n) is 3.74. The first kappa shape index (κ1) is 17.8. The molecule has 1 heterocycles. The van der Waals surface area contributed by atoms with Gasteiger partial charge in [0.05, 0.1) is 5.75 Å². The monoisotopic (exact) mass is 369 g/mol. The van der Waals surface area contributed by atoms with Crippen molar-refractivity contribution < 1.29 is 13.2 Å². The maximum atomic E-state index is 12.2. The smallest absolute Gasteiger partial charge is 0.251 e. The lowest BCUT2D eigenvalue weighted by Gasteiger charge is -2.09. The van der Waals surface area contributed by atoms with Crippen LogP contribution in [0.15, 0.2) is 79.1 Å². The largest absolute Gasteiger partial charge is 0.351 e. The number of anilines is 1. The second kappa shape index (κ2) is 7.88. The van der Waals surface area contributed by atoms with Crippen LogP contribution in [-0.2, 0) is 10.0 Å². The van der Waals surface area contributed by atoms with E-state index in [1.54, 1.807) is 42.5 Å². The van der Waals surface area contributed by atoms with Crippen molar-refractivity contribution >= 4 is 21.6 Å². The molecule has 0 fully saturated rings. The van der Waals surface area contributed by atoms with Crippen LogP contribution >= 0.6 is 0 Å². The van der Waals surface area contributed by atoms with E-state index in [2.05, 4.69) is 10.0 Å². The van der Waals surface area contributed by atoms with Crippen LogP contribution in [0.3, 0.4) is 0 Å². The second-order valence-corrected chi connectivity index (χ2v) is 7.52. The standard InChI is InChI=1S/C19H19N3O3S/c23-19(16-8-10-18(11-9-16)22-13-4-5-14-22)20-12-15-26(24,25)21-17-6-2-1-3-7-17/h1-11,13-14,21H,12,15H2,(H,20,23). The van der Waals surface area contributed by atoms with Crippen LogP contribution in [0.5, 0.6) is 0 Å². The van der Waals surface area contributed by atoms with E-state index in [1.807, 2.05) is 41.2 Å². The Morgan fingerprint density at radius 1 is 0.885 bits per heavy atom. The minimum absolute atomic E-state index is 0.0281. The molecule has 0 atom stereocenters. The topological polar surface area (TPSA) is 80.2 Å². The van der Waals surface area contributed by atoms with Crippen LogP contribution in [0.1, 0.15) is 10.4 Å². The quantitative estimate of drug-likeness (QED) is 0.672. The zero-order valence-corrected chi connectivity index (χ0v) is 14.8. The summed E-state index contributed by atoms with van der Waals surface area (Å²) in [4.78, 5) is 12.2. The summed E-state index contributed by atoms with van der Waals surface area (Å²) in [5.74, 6) is -0.506. The number of amides is 1. The van der Waals surface area contributed by atoms with Gasteiger partial charge in [-0.1, -0.05) is 18.2 Å². The highest BCUT2D eigenvalue weighted by Crippen LogP contribution is 2.10. The van der Waals surface area contributed by atoms with Crippen molar-refractivity contribution in [3.05, 3.63) is 84.7 Å². The van der Waals surface area contributed by atoms with Gasteiger partial charge < -0.3 is 9.88 Å². The molecule has 0 aliphatic heterocycles. The van der Waals surface area contributed by atoms with Gasteiger partial charge in [0.25, 0.3) is 5.91 Å². The molecule has 0 saturated heterocycles. The molecule has 0 saturated carbocycles. The number of rotatable bonds is 7. The minimum Gasteiger partial charge on any atom is -0.351 e. The first-order valence-electron chi connectivity index (χ1n) is 8.11. The predicted molar refractivity (Wildman–Crippen MR) is 102 cm³/mol. The average molecular weight is 369 g/mol. The summed E-state index contributed by atoms with van der Waals surface area (Å²) in [6, 6.07) is 19.6. The number of carbonyl (C=O) groups is 1. The number of nitrogens with one attached hydrogen (secondary N) is 2. The average Bonchev–Trinajstić information content (AvgIpc) is 3.17. The molecular formula is C19H19N3O3S. The van der Waals surface area contributed by atoms with E-state index in [-0.39, 0.29) is 18.2 Å². The molecule has 0 bridgehead atoms. The Hall–Kier alpha value is -3.06. The summed E-state index contributed by atoms with van der Waals surface area (Å²) < 4.78 is 28.5. The van der Waals surface area contributed by atoms with Crippen molar-refractivity contribution in [1.82, 2.24) is 9.88 Å². The first-order chi connectivity index (χ1) is 12.5. The normalized spacial score (nSPS) is 11.1. The van der Waals surface area contributed by atoms with Crippen LogP contribution in [0, 0.1) is 0 Å². The highest BCUT2D eigenvalue weighted by Gasteiger charge is 2.12. The van der Waals surface area contributed by atoms with Gasteiger partial charge in [-0.25, -0.2) is 8.42 Å². The SMILES string of the molecule is O=C(NCCS(=O)(=O)Nc1ccccc1)c1ccc(-n2cccc2)cc1.